The van der Waals surface area contributed by atoms with Gasteiger partial charge in [0.2, 0.25) is 5.56 Å². The number of rotatable bonds is 2. The highest BCUT2D eigenvalue weighted by atomic mass is 35.5. The summed E-state index contributed by atoms with van der Waals surface area (Å²) in [5, 5.41) is 3.96. The number of benzene rings is 1. The number of pyridine rings is 1. The maximum absolute atomic E-state index is 13.0. The number of hydrogen-bond acceptors (Lipinski definition) is 3. The molecule has 0 bridgehead atoms. The molecule has 1 unspecified atom stereocenters. The van der Waals surface area contributed by atoms with Gasteiger partial charge in [-0.25, -0.2) is 0 Å². The van der Waals surface area contributed by atoms with E-state index in [2.05, 4.69) is 10.3 Å². The normalized spacial score (nSPS) is 17.2. The predicted molar refractivity (Wildman–Crippen MR) is 97.1 cm³/mol. The zero-order valence-electron chi connectivity index (χ0n) is 13.2. The number of aryl methyl sites for hydroxylation is 1. The van der Waals surface area contributed by atoms with Crippen LogP contribution < -0.4 is 10.9 Å². The summed E-state index contributed by atoms with van der Waals surface area (Å²) in [6, 6.07) is 8.89. The van der Waals surface area contributed by atoms with E-state index >= 15 is 0 Å². The Bertz CT molecular complexity index is 791. The molecule has 0 spiro atoms. The first-order valence-electron chi connectivity index (χ1n) is 7.53. The van der Waals surface area contributed by atoms with Crippen LogP contribution in [0.5, 0.6) is 0 Å². The molecule has 7 heteroatoms. The van der Waals surface area contributed by atoms with Crippen molar-refractivity contribution in [2.75, 3.05) is 19.6 Å². The van der Waals surface area contributed by atoms with E-state index in [-0.39, 0.29) is 29.9 Å². The molecule has 2 heterocycles. The van der Waals surface area contributed by atoms with Crippen molar-refractivity contribution in [1.29, 1.82) is 0 Å². The Morgan fingerprint density at radius 1 is 1.33 bits per heavy atom. The average Bonchev–Trinajstić information content (AvgIpc) is 2.55. The number of amides is 1. The maximum Gasteiger partial charge on any atom is 0.256 e. The molecule has 0 radical (unpaired) electrons. The molecule has 2 aromatic rings. The highest BCUT2D eigenvalue weighted by molar-refractivity contribution is 6.31. The van der Waals surface area contributed by atoms with E-state index in [0.29, 0.717) is 29.2 Å². The van der Waals surface area contributed by atoms with Crippen molar-refractivity contribution in [3.8, 4) is 0 Å². The van der Waals surface area contributed by atoms with Gasteiger partial charge in [0.1, 0.15) is 0 Å². The molecule has 3 rings (SSSR count). The topological polar surface area (TPSA) is 65.2 Å². The first-order chi connectivity index (χ1) is 11.1. The molecule has 1 saturated heterocycles. The van der Waals surface area contributed by atoms with Crippen LogP contribution in [0.2, 0.25) is 5.02 Å². The van der Waals surface area contributed by atoms with Gasteiger partial charge in [-0.05, 0) is 24.1 Å². The summed E-state index contributed by atoms with van der Waals surface area (Å²) in [5.41, 5.74) is 1.91. The minimum atomic E-state index is -0.206. The molecule has 0 aliphatic carbocycles. The number of carbonyl (C=O) groups is 1. The minimum absolute atomic E-state index is 0. The van der Waals surface area contributed by atoms with Gasteiger partial charge in [-0.1, -0.05) is 29.8 Å². The van der Waals surface area contributed by atoms with Crippen LogP contribution in [0.3, 0.4) is 0 Å². The van der Waals surface area contributed by atoms with Crippen LogP contribution in [0.25, 0.3) is 0 Å². The largest absolute Gasteiger partial charge is 0.329 e. The molecule has 0 saturated carbocycles. The molecule has 1 atom stereocenters. The van der Waals surface area contributed by atoms with E-state index in [1.807, 2.05) is 29.2 Å². The number of aromatic amines is 1. The molecule has 24 heavy (non-hydrogen) atoms. The van der Waals surface area contributed by atoms with Crippen molar-refractivity contribution in [1.82, 2.24) is 15.2 Å². The van der Waals surface area contributed by atoms with Crippen LogP contribution in [0.4, 0.5) is 0 Å². The van der Waals surface area contributed by atoms with Gasteiger partial charge in [0.15, 0.2) is 0 Å². The number of nitrogens with one attached hydrogen (secondary N) is 2. The molecule has 1 aromatic heterocycles. The molecule has 5 nitrogen and oxygen atoms in total. The Labute approximate surface area is 151 Å². The second-order valence-electron chi connectivity index (χ2n) is 5.63. The lowest BCUT2D eigenvalue weighted by molar-refractivity contribution is 0.0633. The van der Waals surface area contributed by atoms with Crippen LogP contribution in [0, 0.1) is 6.92 Å². The first-order valence-corrected chi connectivity index (χ1v) is 7.91. The number of hydrogen-bond donors (Lipinski definition) is 2. The van der Waals surface area contributed by atoms with Gasteiger partial charge in [-0.15, -0.1) is 12.4 Å². The van der Waals surface area contributed by atoms with Crippen LogP contribution in [0.15, 0.2) is 41.3 Å². The summed E-state index contributed by atoms with van der Waals surface area (Å²) in [6.07, 6.45) is 1.49. The van der Waals surface area contributed by atoms with Crippen molar-refractivity contribution < 1.29 is 4.79 Å². The van der Waals surface area contributed by atoms with Crippen molar-refractivity contribution >= 4 is 29.9 Å². The standard InChI is InChI=1S/C17H18ClN3O2.ClH/c1-11-8-16(22)20-9-13(11)17(23)21-7-6-19-10-15(21)12-4-2-3-5-14(12)18;/h2-5,8-9,15,19H,6-7,10H2,1H3,(H,20,22);1H. The molecule has 1 aromatic carbocycles. The van der Waals surface area contributed by atoms with Crippen molar-refractivity contribution in [2.45, 2.75) is 13.0 Å². The smallest absolute Gasteiger partial charge is 0.256 e. The second-order valence-corrected chi connectivity index (χ2v) is 6.04. The Morgan fingerprint density at radius 3 is 2.79 bits per heavy atom. The Kier molecular flexibility index (Phi) is 6.04. The second kappa shape index (κ2) is 7.83. The zero-order valence-corrected chi connectivity index (χ0v) is 14.8. The Hall–Kier alpha value is -1.82. The fourth-order valence-corrected chi connectivity index (χ4v) is 3.19. The van der Waals surface area contributed by atoms with E-state index in [9.17, 15) is 9.59 Å². The average molecular weight is 368 g/mol. The van der Waals surface area contributed by atoms with Gasteiger partial charge in [0.05, 0.1) is 11.6 Å². The van der Waals surface area contributed by atoms with Gasteiger partial charge in [0, 0.05) is 36.9 Å². The third-order valence-corrected chi connectivity index (χ3v) is 4.47. The molecular formula is C17H19Cl2N3O2. The molecule has 2 N–H and O–H groups in total. The third kappa shape index (κ3) is 3.64. The lowest BCUT2D eigenvalue weighted by atomic mass is 10.0. The summed E-state index contributed by atoms with van der Waals surface area (Å²) in [7, 11) is 0. The van der Waals surface area contributed by atoms with Crippen LogP contribution in [-0.4, -0.2) is 35.4 Å². The summed E-state index contributed by atoms with van der Waals surface area (Å²) in [5.74, 6) is -0.0924. The highest BCUT2D eigenvalue weighted by Crippen LogP contribution is 2.29. The molecule has 1 aliphatic heterocycles. The number of halogens is 2. The van der Waals surface area contributed by atoms with Gasteiger partial charge in [0.25, 0.3) is 5.91 Å². The maximum atomic E-state index is 13.0. The van der Waals surface area contributed by atoms with Crippen LogP contribution in [0.1, 0.15) is 27.5 Å². The molecule has 1 amide bonds. The van der Waals surface area contributed by atoms with Crippen molar-refractivity contribution in [3.05, 3.63) is 68.6 Å². The van der Waals surface area contributed by atoms with E-state index in [1.54, 1.807) is 6.92 Å². The van der Waals surface area contributed by atoms with Crippen LogP contribution >= 0.6 is 24.0 Å². The third-order valence-electron chi connectivity index (χ3n) is 4.13. The zero-order chi connectivity index (χ0) is 16.4. The van der Waals surface area contributed by atoms with E-state index in [1.165, 1.54) is 12.3 Å². The number of carbonyl (C=O) groups excluding carboxylic acids is 1. The first kappa shape index (κ1) is 18.5. The summed E-state index contributed by atoms with van der Waals surface area (Å²) >= 11 is 6.31. The highest BCUT2D eigenvalue weighted by Gasteiger charge is 2.30. The lowest BCUT2D eigenvalue weighted by Crippen LogP contribution is -2.49. The van der Waals surface area contributed by atoms with E-state index in [4.69, 9.17) is 11.6 Å². The molecule has 1 aliphatic rings. The molecular weight excluding hydrogens is 349 g/mol. The van der Waals surface area contributed by atoms with Gasteiger partial charge in [-0.3, -0.25) is 9.59 Å². The Balaban J connectivity index is 0.00000208. The van der Waals surface area contributed by atoms with Gasteiger partial charge >= 0.3 is 0 Å². The number of H-pyrrole nitrogens is 1. The van der Waals surface area contributed by atoms with Crippen molar-refractivity contribution in [2.24, 2.45) is 0 Å². The van der Waals surface area contributed by atoms with Gasteiger partial charge in [-0.2, -0.15) is 0 Å². The predicted octanol–water partition coefficient (Wildman–Crippen LogP) is 2.55. The molecule has 128 valence electrons. The molecule has 1 fully saturated rings. The SMILES string of the molecule is Cc1cc(=O)[nH]cc1C(=O)N1CCNCC1c1ccccc1Cl.Cl. The number of piperazine rings is 1. The Morgan fingerprint density at radius 2 is 2.08 bits per heavy atom. The monoisotopic (exact) mass is 367 g/mol. The summed E-state index contributed by atoms with van der Waals surface area (Å²) in [6.45, 7) is 3.75. The fraction of sp³-hybridized carbons (Fsp3) is 0.294. The van der Waals surface area contributed by atoms with Crippen LogP contribution in [-0.2, 0) is 0 Å². The van der Waals surface area contributed by atoms with E-state index < -0.39 is 0 Å². The fourth-order valence-electron chi connectivity index (χ4n) is 2.93. The summed E-state index contributed by atoms with van der Waals surface area (Å²) in [4.78, 5) is 28.7. The number of aromatic nitrogens is 1. The van der Waals surface area contributed by atoms with Gasteiger partial charge < -0.3 is 15.2 Å². The summed E-state index contributed by atoms with van der Waals surface area (Å²) < 4.78 is 0. The minimum Gasteiger partial charge on any atom is -0.329 e. The van der Waals surface area contributed by atoms with E-state index in [0.717, 1.165) is 12.1 Å². The van der Waals surface area contributed by atoms with Crippen molar-refractivity contribution in [3.63, 3.8) is 0 Å². The quantitative estimate of drug-likeness (QED) is 0.856. The lowest BCUT2D eigenvalue weighted by Gasteiger charge is -2.37. The number of nitrogens with zero attached hydrogens (tertiary/aromatic N) is 1.